The largest absolute Gasteiger partial charge is 0.383 e. The van der Waals surface area contributed by atoms with E-state index in [2.05, 4.69) is 25.6 Å². The van der Waals surface area contributed by atoms with Crippen LogP contribution in [-0.4, -0.2) is 41.1 Å². The number of fused-ring (bicyclic) bond motifs is 1. The van der Waals surface area contributed by atoms with Crippen LogP contribution in [0.25, 0.3) is 10.9 Å². The second-order valence-electron chi connectivity index (χ2n) is 5.02. The molecule has 0 aliphatic heterocycles. The van der Waals surface area contributed by atoms with Gasteiger partial charge in [0.1, 0.15) is 5.69 Å². The molecule has 0 atom stereocenters. The zero-order chi connectivity index (χ0) is 16.8. The number of amides is 1. The molecule has 1 amide bonds. The number of aromatic nitrogens is 3. The standard InChI is InChI=1S/C17H17N5O2/c1-24-11-10-20-17-19-9-7-14(22-17)16(23)21-13-6-2-4-12-5-3-8-18-15(12)13/h2-9H,10-11H2,1H3,(H,21,23)(H,19,20,22). The zero-order valence-electron chi connectivity index (χ0n) is 13.2. The third kappa shape index (κ3) is 3.64. The Kier molecular flexibility index (Phi) is 4.93. The van der Waals surface area contributed by atoms with Gasteiger partial charge in [0, 0.05) is 31.4 Å². The van der Waals surface area contributed by atoms with Crippen LogP contribution >= 0.6 is 0 Å². The molecule has 0 aliphatic carbocycles. The van der Waals surface area contributed by atoms with Crippen molar-refractivity contribution in [1.29, 1.82) is 0 Å². The third-order valence-electron chi connectivity index (χ3n) is 3.36. The van der Waals surface area contributed by atoms with Gasteiger partial charge in [0.25, 0.3) is 5.91 Å². The van der Waals surface area contributed by atoms with Crippen LogP contribution in [0, 0.1) is 0 Å². The van der Waals surface area contributed by atoms with E-state index in [-0.39, 0.29) is 11.6 Å². The maximum absolute atomic E-state index is 12.5. The van der Waals surface area contributed by atoms with Gasteiger partial charge in [-0.3, -0.25) is 9.78 Å². The molecule has 0 fully saturated rings. The molecule has 7 heteroatoms. The number of carbonyl (C=O) groups excluding carboxylic acids is 1. The summed E-state index contributed by atoms with van der Waals surface area (Å²) in [6.45, 7) is 1.09. The summed E-state index contributed by atoms with van der Waals surface area (Å²) in [6.07, 6.45) is 3.24. The number of nitrogens with one attached hydrogen (secondary N) is 2. The van der Waals surface area contributed by atoms with Gasteiger partial charge >= 0.3 is 0 Å². The number of rotatable bonds is 6. The molecule has 0 saturated heterocycles. The predicted octanol–water partition coefficient (Wildman–Crippen LogP) is 2.34. The molecule has 2 heterocycles. The van der Waals surface area contributed by atoms with E-state index in [1.165, 1.54) is 0 Å². The van der Waals surface area contributed by atoms with Crippen LogP contribution in [-0.2, 0) is 4.74 Å². The Bertz CT molecular complexity index is 848. The maximum Gasteiger partial charge on any atom is 0.274 e. The fourth-order valence-corrected chi connectivity index (χ4v) is 2.23. The van der Waals surface area contributed by atoms with Crippen molar-refractivity contribution in [1.82, 2.24) is 15.0 Å². The van der Waals surface area contributed by atoms with Crippen molar-refractivity contribution in [2.45, 2.75) is 0 Å². The summed E-state index contributed by atoms with van der Waals surface area (Å²) in [7, 11) is 1.62. The number of benzene rings is 1. The first-order valence-electron chi connectivity index (χ1n) is 7.49. The lowest BCUT2D eigenvalue weighted by atomic mass is 10.2. The van der Waals surface area contributed by atoms with E-state index in [1.807, 2.05) is 30.3 Å². The van der Waals surface area contributed by atoms with Gasteiger partial charge in [-0.1, -0.05) is 18.2 Å². The molecule has 0 spiro atoms. The fourth-order valence-electron chi connectivity index (χ4n) is 2.23. The van der Waals surface area contributed by atoms with E-state index >= 15 is 0 Å². The van der Waals surface area contributed by atoms with Gasteiger partial charge in [0.05, 0.1) is 17.8 Å². The Morgan fingerprint density at radius 2 is 2.00 bits per heavy atom. The number of carbonyl (C=O) groups is 1. The normalized spacial score (nSPS) is 10.5. The number of ether oxygens (including phenoxy) is 1. The van der Waals surface area contributed by atoms with Gasteiger partial charge in [-0.05, 0) is 18.2 Å². The van der Waals surface area contributed by atoms with Crippen LogP contribution in [0.1, 0.15) is 10.5 Å². The minimum absolute atomic E-state index is 0.276. The second-order valence-corrected chi connectivity index (χ2v) is 5.02. The van der Waals surface area contributed by atoms with Crippen LogP contribution in [0.4, 0.5) is 11.6 Å². The number of hydrogen-bond acceptors (Lipinski definition) is 6. The molecule has 1 aromatic carbocycles. The molecule has 2 N–H and O–H groups in total. The average Bonchev–Trinajstić information content (AvgIpc) is 2.62. The lowest BCUT2D eigenvalue weighted by Gasteiger charge is -2.08. The second kappa shape index (κ2) is 7.47. The summed E-state index contributed by atoms with van der Waals surface area (Å²) < 4.78 is 4.96. The highest BCUT2D eigenvalue weighted by molar-refractivity contribution is 6.07. The topological polar surface area (TPSA) is 89.0 Å². The molecule has 122 valence electrons. The highest BCUT2D eigenvalue weighted by atomic mass is 16.5. The van der Waals surface area contributed by atoms with E-state index in [9.17, 15) is 4.79 Å². The quantitative estimate of drug-likeness (QED) is 0.677. The lowest BCUT2D eigenvalue weighted by Crippen LogP contribution is -2.16. The summed E-state index contributed by atoms with van der Waals surface area (Å²) in [5.74, 6) is 0.0705. The molecule has 7 nitrogen and oxygen atoms in total. The lowest BCUT2D eigenvalue weighted by molar-refractivity contribution is 0.102. The summed E-state index contributed by atoms with van der Waals surface area (Å²) in [5, 5.41) is 6.80. The maximum atomic E-state index is 12.5. The molecular weight excluding hydrogens is 306 g/mol. The van der Waals surface area contributed by atoms with Crippen molar-refractivity contribution >= 4 is 28.4 Å². The first-order valence-corrected chi connectivity index (χ1v) is 7.49. The number of hydrogen-bond donors (Lipinski definition) is 2. The fraction of sp³-hybridized carbons (Fsp3) is 0.176. The van der Waals surface area contributed by atoms with Gasteiger partial charge in [0.2, 0.25) is 5.95 Å². The predicted molar refractivity (Wildman–Crippen MR) is 92.1 cm³/mol. The third-order valence-corrected chi connectivity index (χ3v) is 3.36. The van der Waals surface area contributed by atoms with Crippen molar-refractivity contribution in [2.75, 3.05) is 30.9 Å². The van der Waals surface area contributed by atoms with Crippen LogP contribution in [0.3, 0.4) is 0 Å². The Hall–Kier alpha value is -3.06. The Labute approximate surface area is 139 Å². The first kappa shape index (κ1) is 15.8. The summed E-state index contributed by atoms with van der Waals surface area (Å²) in [6, 6.07) is 11.0. The molecule has 0 bridgehead atoms. The number of para-hydroxylation sites is 1. The Balaban J connectivity index is 1.78. The number of methoxy groups -OCH3 is 1. The van der Waals surface area contributed by atoms with Crippen molar-refractivity contribution in [2.24, 2.45) is 0 Å². The molecule has 3 aromatic rings. The molecule has 0 saturated carbocycles. The van der Waals surface area contributed by atoms with Gasteiger partial charge in [-0.15, -0.1) is 0 Å². The van der Waals surface area contributed by atoms with E-state index in [0.717, 1.165) is 10.9 Å². The molecular formula is C17H17N5O2. The van der Waals surface area contributed by atoms with Gasteiger partial charge in [0.15, 0.2) is 0 Å². The molecule has 0 unspecified atom stereocenters. The first-order chi connectivity index (χ1) is 11.8. The highest BCUT2D eigenvalue weighted by Gasteiger charge is 2.11. The Morgan fingerprint density at radius 3 is 2.88 bits per heavy atom. The van der Waals surface area contributed by atoms with E-state index in [4.69, 9.17) is 4.74 Å². The van der Waals surface area contributed by atoms with E-state index in [0.29, 0.717) is 24.8 Å². The van der Waals surface area contributed by atoms with Crippen LogP contribution in [0.15, 0.2) is 48.8 Å². The van der Waals surface area contributed by atoms with Crippen molar-refractivity contribution in [3.05, 3.63) is 54.5 Å². The number of nitrogens with zero attached hydrogens (tertiary/aromatic N) is 3. The SMILES string of the molecule is COCCNc1nccc(C(=O)Nc2cccc3cccnc23)n1. The van der Waals surface area contributed by atoms with Gasteiger partial charge in [-0.25, -0.2) is 9.97 Å². The summed E-state index contributed by atoms with van der Waals surface area (Å²) >= 11 is 0. The summed E-state index contributed by atoms with van der Waals surface area (Å²) in [5.41, 5.74) is 1.66. The van der Waals surface area contributed by atoms with E-state index in [1.54, 1.807) is 25.6 Å². The molecule has 3 rings (SSSR count). The molecule has 0 aliphatic rings. The van der Waals surface area contributed by atoms with E-state index < -0.39 is 0 Å². The van der Waals surface area contributed by atoms with Crippen LogP contribution < -0.4 is 10.6 Å². The van der Waals surface area contributed by atoms with Crippen molar-refractivity contribution in [3.63, 3.8) is 0 Å². The number of anilines is 2. The van der Waals surface area contributed by atoms with Crippen LogP contribution in [0.5, 0.6) is 0 Å². The number of pyridine rings is 1. The van der Waals surface area contributed by atoms with Gasteiger partial charge < -0.3 is 15.4 Å². The van der Waals surface area contributed by atoms with Crippen LogP contribution in [0.2, 0.25) is 0 Å². The van der Waals surface area contributed by atoms with Crippen molar-refractivity contribution < 1.29 is 9.53 Å². The van der Waals surface area contributed by atoms with Crippen molar-refractivity contribution in [3.8, 4) is 0 Å². The molecule has 24 heavy (non-hydrogen) atoms. The minimum atomic E-state index is -0.314. The van der Waals surface area contributed by atoms with Gasteiger partial charge in [-0.2, -0.15) is 0 Å². The Morgan fingerprint density at radius 1 is 1.12 bits per heavy atom. The average molecular weight is 323 g/mol. The summed E-state index contributed by atoms with van der Waals surface area (Å²) in [4.78, 5) is 25.1. The highest BCUT2D eigenvalue weighted by Crippen LogP contribution is 2.21. The molecule has 2 aromatic heterocycles. The monoisotopic (exact) mass is 323 g/mol. The minimum Gasteiger partial charge on any atom is -0.383 e. The zero-order valence-corrected chi connectivity index (χ0v) is 13.2. The smallest absolute Gasteiger partial charge is 0.274 e. The molecule has 0 radical (unpaired) electrons.